The minimum atomic E-state index is -0.0427. The molecular formula is C15H19N3O2S2. The van der Waals surface area contributed by atoms with E-state index in [0.29, 0.717) is 12.3 Å². The van der Waals surface area contributed by atoms with Gasteiger partial charge in [-0.2, -0.15) is 0 Å². The summed E-state index contributed by atoms with van der Waals surface area (Å²) in [6.45, 7) is 2.41. The van der Waals surface area contributed by atoms with Crippen molar-refractivity contribution in [1.82, 2.24) is 14.5 Å². The standard InChI is InChI=1S/C15H19N3O2S2/c19-10-12-8-16-15(18(12)9-13-4-3-7-21-13)22-11-14(20)17-5-1-2-6-17/h3-4,7-8,19H,1-2,5-6,9-11H2. The van der Waals surface area contributed by atoms with Gasteiger partial charge in [0.15, 0.2) is 5.16 Å². The summed E-state index contributed by atoms with van der Waals surface area (Å²) >= 11 is 3.13. The summed E-state index contributed by atoms with van der Waals surface area (Å²) in [7, 11) is 0. The van der Waals surface area contributed by atoms with E-state index in [4.69, 9.17) is 0 Å². The van der Waals surface area contributed by atoms with Crippen LogP contribution in [0.5, 0.6) is 0 Å². The van der Waals surface area contributed by atoms with Gasteiger partial charge in [0, 0.05) is 18.0 Å². The Morgan fingerprint density at radius 1 is 1.41 bits per heavy atom. The van der Waals surface area contributed by atoms with Gasteiger partial charge in [-0.1, -0.05) is 17.8 Å². The monoisotopic (exact) mass is 337 g/mol. The Hall–Kier alpha value is -1.31. The molecule has 3 rings (SSSR count). The molecule has 1 aliphatic rings. The van der Waals surface area contributed by atoms with Gasteiger partial charge < -0.3 is 14.6 Å². The first-order chi connectivity index (χ1) is 10.8. The van der Waals surface area contributed by atoms with E-state index in [0.717, 1.165) is 36.8 Å². The van der Waals surface area contributed by atoms with Crippen molar-refractivity contribution < 1.29 is 9.90 Å². The fourth-order valence-corrected chi connectivity index (χ4v) is 4.14. The highest BCUT2D eigenvalue weighted by Gasteiger charge is 2.19. The molecule has 1 aliphatic heterocycles. The molecule has 1 fully saturated rings. The Balaban J connectivity index is 1.67. The number of thiophene rings is 1. The third-order valence-corrected chi connectivity index (χ3v) is 5.58. The van der Waals surface area contributed by atoms with Gasteiger partial charge in [-0.15, -0.1) is 11.3 Å². The molecule has 7 heteroatoms. The summed E-state index contributed by atoms with van der Waals surface area (Å²) < 4.78 is 1.99. The molecule has 0 bridgehead atoms. The van der Waals surface area contributed by atoms with Gasteiger partial charge in [-0.05, 0) is 24.3 Å². The number of nitrogens with zero attached hydrogens (tertiary/aromatic N) is 3. The fraction of sp³-hybridized carbons (Fsp3) is 0.467. The smallest absolute Gasteiger partial charge is 0.233 e. The molecule has 3 heterocycles. The number of carbonyl (C=O) groups is 1. The van der Waals surface area contributed by atoms with Crippen LogP contribution in [0.3, 0.4) is 0 Å². The number of aromatic nitrogens is 2. The van der Waals surface area contributed by atoms with E-state index < -0.39 is 0 Å². The van der Waals surface area contributed by atoms with Crippen LogP contribution in [0.1, 0.15) is 23.4 Å². The van der Waals surface area contributed by atoms with Crippen LogP contribution in [-0.2, 0) is 17.9 Å². The number of imidazole rings is 1. The molecule has 0 spiro atoms. The molecule has 0 aromatic carbocycles. The van der Waals surface area contributed by atoms with E-state index in [2.05, 4.69) is 11.1 Å². The SMILES string of the molecule is O=C(CSc1ncc(CO)n1Cc1cccs1)N1CCCC1. The first-order valence-corrected chi connectivity index (χ1v) is 9.22. The maximum absolute atomic E-state index is 12.1. The van der Waals surface area contributed by atoms with Gasteiger partial charge in [-0.25, -0.2) is 4.98 Å². The molecule has 1 amide bonds. The average molecular weight is 337 g/mol. The van der Waals surface area contributed by atoms with Gasteiger partial charge in [0.1, 0.15) is 0 Å². The van der Waals surface area contributed by atoms with Gasteiger partial charge in [-0.3, -0.25) is 4.79 Å². The molecular weight excluding hydrogens is 318 g/mol. The third kappa shape index (κ3) is 3.53. The van der Waals surface area contributed by atoms with E-state index in [1.807, 2.05) is 20.9 Å². The van der Waals surface area contributed by atoms with Crippen LogP contribution in [0, 0.1) is 0 Å². The normalized spacial score (nSPS) is 14.7. The highest BCUT2D eigenvalue weighted by Crippen LogP contribution is 2.23. The second-order valence-corrected chi connectivity index (χ2v) is 7.21. The average Bonchev–Trinajstić information content (AvgIpc) is 3.27. The molecule has 0 saturated carbocycles. The maximum Gasteiger partial charge on any atom is 0.233 e. The van der Waals surface area contributed by atoms with Gasteiger partial charge in [0.2, 0.25) is 5.91 Å². The predicted octanol–water partition coefficient (Wildman–Crippen LogP) is 2.20. The van der Waals surface area contributed by atoms with Gasteiger partial charge in [0.25, 0.3) is 0 Å². The summed E-state index contributed by atoms with van der Waals surface area (Å²) in [6.07, 6.45) is 3.91. The minimum Gasteiger partial charge on any atom is -0.390 e. The highest BCUT2D eigenvalue weighted by molar-refractivity contribution is 7.99. The molecule has 0 atom stereocenters. The van der Waals surface area contributed by atoms with Crippen LogP contribution in [0.4, 0.5) is 0 Å². The van der Waals surface area contributed by atoms with Gasteiger partial charge in [0.05, 0.1) is 30.8 Å². The minimum absolute atomic E-state index is 0.0427. The number of aliphatic hydroxyl groups excluding tert-OH is 1. The van der Waals surface area contributed by atoms with E-state index in [-0.39, 0.29) is 12.5 Å². The topological polar surface area (TPSA) is 58.4 Å². The van der Waals surface area contributed by atoms with Crippen molar-refractivity contribution in [3.63, 3.8) is 0 Å². The van der Waals surface area contributed by atoms with Crippen molar-refractivity contribution in [2.45, 2.75) is 31.1 Å². The summed E-state index contributed by atoms with van der Waals surface area (Å²) in [5, 5.41) is 12.3. The lowest BCUT2D eigenvalue weighted by Gasteiger charge is -2.15. The Labute approximate surface area is 138 Å². The van der Waals surface area contributed by atoms with E-state index in [9.17, 15) is 9.90 Å². The third-order valence-electron chi connectivity index (χ3n) is 3.74. The number of amides is 1. The summed E-state index contributed by atoms with van der Waals surface area (Å²) in [5.74, 6) is 0.588. The lowest BCUT2D eigenvalue weighted by Crippen LogP contribution is -2.29. The van der Waals surface area contributed by atoms with E-state index in [1.54, 1.807) is 17.5 Å². The van der Waals surface area contributed by atoms with Crippen LogP contribution in [0.25, 0.3) is 0 Å². The van der Waals surface area contributed by atoms with Crippen LogP contribution in [-0.4, -0.2) is 44.3 Å². The van der Waals surface area contributed by atoms with Crippen LogP contribution >= 0.6 is 23.1 Å². The largest absolute Gasteiger partial charge is 0.390 e. The molecule has 0 unspecified atom stereocenters. The fourth-order valence-electron chi connectivity index (χ4n) is 2.54. The first kappa shape index (κ1) is 15.6. The molecule has 1 N–H and O–H groups in total. The van der Waals surface area contributed by atoms with Crippen molar-refractivity contribution in [1.29, 1.82) is 0 Å². The van der Waals surface area contributed by atoms with Crippen molar-refractivity contribution in [2.24, 2.45) is 0 Å². The highest BCUT2D eigenvalue weighted by atomic mass is 32.2. The Morgan fingerprint density at radius 3 is 2.91 bits per heavy atom. The number of thioether (sulfide) groups is 1. The first-order valence-electron chi connectivity index (χ1n) is 7.36. The molecule has 118 valence electrons. The Morgan fingerprint density at radius 2 is 2.23 bits per heavy atom. The number of likely N-dealkylation sites (tertiary alicyclic amines) is 1. The van der Waals surface area contributed by atoms with E-state index in [1.165, 1.54) is 16.6 Å². The molecule has 2 aromatic rings. The number of carbonyl (C=O) groups excluding carboxylic acids is 1. The molecule has 1 saturated heterocycles. The number of hydrogen-bond donors (Lipinski definition) is 1. The molecule has 0 radical (unpaired) electrons. The maximum atomic E-state index is 12.1. The summed E-state index contributed by atoms with van der Waals surface area (Å²) in [4.78, 5) is 19.6. The Bertz CT molecular complexity index is 619. The van der Waals surface area contributed by atoms with Crippen molar-refractivity contribution >= 4 is 29.0 Å². The van der Waals surface area contributed by atoms with Crippen molar-refractivity contribution in [3.8, 4) is 0 Å². The van der Waals surface area contributed by atoms with Crippen molar-refractivity contribution in [3.05, 3.63) is 34.3 Å². The zero-order valence-electron chi connectivity index (χ0n) is 12.3. The second-order valence-electron chi connectivity index (χ2n) is 5.23. The summed E-state index contributed by atoms with van der Waals surface area (Å²) in [6, 6.07) is 4.08. The van der Waals surface area contributed by atoms with Crippen molar-refractivity contribution in [2.75, 3.05) is 18.8 Å². The zero-order chi connectivity index (χ0) is 15.4. The number of rotatable bonds is 6. The number of hydrogen-bond acceptors (Lipinski definition) is 5. The van der Waals surface area contributed by atoms with E-state index >= 15 is 0 Å². The summed E-state index contributed by atoms with van der Waals surface area (Å²) in [5.41, 5.74) is 0.782. The molecule has 22 heavy (non-hydrogen) atoms. The zero-order valence-corrected chi connectivity index (χ0v) is 13.9. The lowest BCUT2D eigenvalue weighted by atomic mass is 10.4. The molecule has 5 nitrogen and oxygen atoms in total. The lowest BCUT2D eigenvalue weighted by molar-refractivity contribution is -0.127. The van der Waals surface area contributed by atoms with Crippen LogP contribution < -0.4 is 0 Å². The van der Waals surface area contributed by atoms with Crippen LogP contribution in [0.2, 0.25) is 0 Å². The number of aliphatic hydroxyl groups is 1. The second kappa shape index (κ2) is 7.30. The van der Waals surface area contributed by atoms with Gasteiger partial charge >= 0.3 is 0 Å². The molecule has 2 aromatic heterocycles. The predicted molar refractivity (Wildman–Crippen MR) is 88.1 cm³/mol. The quantitative estimate of drug-likeness (QED) is 0.821. The Kier molecular flexibility index (Phi) is 5.17. The molecule has 0 aliphatic carbocycles. The van der Waals surface area contributed by atoms with Crippen LogP contribution in [0.15, 0.2) is 28.9 Å².